The van der Waals surface area contributed by atoms with Gasteiger partial charge in [-0.05, 0) is 38.9 Å². The van der Waals surface area contributed by atoms with E-state index in [1.54, 1.807) is 4.90 Å². The molecule has 1 heterocycles. The molecule has 1 atom stereocenters. The van der Waals surface area contributed by atoms with Crippen LogP contribution in [0.15, 0.2) is 0 Å². The average Bonchev–Trinajstić information content (AvgIpc) is 2.51. The molecule has 1 aliphatic heterocycles. The second-order valence-corrected chi connectivity index (χ2v) is 12.2. The SMILES string of the molecule is CC[Si](C#CC[C@H]1COCCN1C(=O)OC(C)(C)C)(CC)CC. The zero-order valence-electron chi connectivity index (χ0n) is 15.7. The molecule has 0 aromatic rings. The first-order valence-electron chi connectivity index (χ1n) is 8.84. The Morgan fingerprint density at radius 1 is 1.26 bits per heavy atom. The van der Waals surface area contributed by atoms with Crippen molar-refractivity contribution < 1.29 is 14.3 Å². The van der Waals surface area contributed by atoms with E-state index in [1.807, 2.05) is 20.8 Å². The molecule has 0 aliphatic carbocycles. The van der Waals surface area contributed by atoms with Crippen LogP contribution in [0.3, 0.4) is 0 Å². The van der Waals surface area contributed by atoms with Crippen molar-refractivity contribution in [1.29, 1.82) is 0 Å². The number of nitrogens with zero attached hydrogens (tertiary/aromatic N) is 1. The summed E-state index contributed by atoms with van der Waals surface area (Å²) < 4.78 is 11.1. The van der Waals surface area contributed by atoms with Crippen molar-refractivity contribution >= 4 is 14.2 Å². The Bertz CT molecular complexity index is 435. The predicted molar refractivity (Wildman–Crippen MR) is 97.1 cm³/mol. The van der Waals surface area contributed by atoms with E-state index in [4.69, 9.17) is 9.47 Å². The molecule has 0 unspecified atom stereocenters. The summed E-state index contributed by atoms with van der Waals surface area (Å²) in [6, 6.07) is 3.60. The Kier molecular flexibility index (Phi) is 7.63. The van der Waals surface area contributed by atoms with E-state index >= 15 is 0 Å². The maximum absolute atomic E-state index is 12.4. The Labute approximate surface area is 142 Å². The van der Waals surface area contributed by atoms with Gasteiger partial charge in [-0.2, -0.15) is 0 Å². The molecule has 4 nitrogen and oxygen atoms in total. The quantitative estimate of drug-likeness (QED) is 0.572. The molecule has 1 aliphatic rings. The van der Waals surface area contributed by atoms with E-state index in [2.05, 4.69) is 32.2 Å². The van der Waals surface area contributed by atoms with Gasteiger partial charge in [-0.15, -0.1) is 11.5 Å². The lowest BCUT2D eigenvalue weighted by Gasteiger charge is -2.35. The Morgan fingerprint density at radius 3 is 2.39 bits per heavy atom. The van der Waals surface area contributed by atoms with Crippen LogP contribution in [0.4, 0.5) is 4.79 Å². The molecule has 0 aromatic carbocycles. The second kappa shape index (κ2) is 8.75. The first-order chi connectivity index (χ1) is 10.8. The molecule has 1 fully saturated rings. The molecule has 1 amide bonds. The van der Waals surface area contributed by atoms with Crippen LogP contribution in [0.2, 0.25) is 18.1 Å². The molecular weight excluding hydrogens is 306 g/mol. The van der Waals surface area contributed by atoms with Crippen LogP contribution < -0.4 is 0 Å². The molecule has 1 saturated heterocycles. The maximum Gasteiger partial charge on any atom is 0.410 e. The third kappa shape index (κ3) is 6.19. The van der Waals surface area contributed by atoms with Crippen LogP contribution in [-0.2, 0) is 9.47 Å². The highest BCUT2D eigenvalue weighted by Crippen LogP contribution is 2.20. The average molecular weight is 340 g/mol. The van der Waals surface area contributed by atoms with Crippen molar-refractivity contribution in [2.45, 2.75) is 77.7 Å². The van der Waals surface area contributed by atoms with Crippen molar-refractivity contribution in [3.05, 3.63) is 0 Å². The van der Waals surface area contributed by atoms with E-state index in [9.17, 15) is 4.79 Å². The normalized spacial score (nSPS) is 19.0. The fourth-order valence-corrected chi connectivity index (χ4v) is 5.26. The van der Waals surface area contributed by atoms with Crippen LogP contribution in [-0.4, -0.2) is 50.5 Å². The van der Waals surface area contributed by atoms with Gasteiger partial charge in [0.15, 0.2) is 0 Å². The fourth-order valence-electron chi connectivity index (χ4n) is 2.76. The van der Waals surface area contributed by atoms with Crippen molar-refractivity contribution in [2.75, 3.05) is 19.8 Å². The summed E-state index contributed by atoms with van der Waals surface area (Å²) in [7, 11) is -1.43. The van der Waals surface area contributed by atoms with Crippen molar-refractivity contribution in [3.8, 4) is 11.5 Å². The molecule has 0 bridgehead atoms. The minimum atomic E-state index is -1.43. The van der Waals surface area contributed by atoms with Gasteiger partial charge in [0.1, 0.15) is 13.7 Å². The highest BCUT2D eigenvalue weighted by molar-refractivity contribution is 6.87. The summed E-state index contributed by atoms with van der Waals surface area (Å²) in [5, 5.41) is 0. The zero-order valence-corrected chi connectivity index (χ0v) is 16.7. The number of morpholine rings is 1. The molecule has 0 saturated carbocycles. The summed E-state index contributed by atoms with van der Waals surface area (Å²) in [5.74, 6) is 3.38. The van der Waals surface area contributed by atoms with E-state index in [0.29, 0.717) is 26.2 Å². The second-order valence-electron chi connectivity index (χ2n) is 7.25. The first kappa shape index (κ1) is 20.1. The molecule has 132 valence electrons. The lowest BCUT2D eigenvalue weighted by molar-refractivity contribution is -0.0309. The summed E-state index contributed by atoms with van der Waals surface area (Å²) in [6.45, 7) is 14.1. The number of carbonyl (C=O) groups excluding carboxylic acids is 1. The number of carbonyl (C=O) groups is 1. The lowest BCUT2D eigenvalue weighted by Crippen LogP contribution is -2.50. The Hall–Kier alpha value is -0.993. The van der Waals surface area contributed by atoms with Gasteiger partial charge >= 0.3 is 6.09 Å². The van der Waals surface area contributed by atoms with Crippen molar-refractivity contribution in [3.63, 3.8) is 0 Å². The van der Waals surface area contributed by atoms with E-state index in [-0.39, 0.29) is 12.1 Å². The summed E-state index contributed by atoms with van der Waals surface area (Å²) in [4.78, 5) is 14.1. The Morgan fingerprint density at radius 2 is 1.87 bits per heavy atom. The molecule has 1 rings (SSSR count). The molecule has 0 radical (unpaired) electrons. The zero-order chi connectivity index (χ0) is 17.5. The van der Waals surface area contributed by atoms with Gasteiger partial charge in [-0.1, -0.05) is 20.8 Å². The molecule has 0 aromatic heterocycles. The number of ether oxygens (including phenoxy) is 2. The lowest BCUT2D eigenvalue weighted by atomic mass is 10.1. The standard InChI is InChI=1S/C18H33NO3Si/c1-7-23(8-2,9-3)14-10-11-16-15-21-13-12-19(16)17(20)22-18(4,5)6/h16H,7-9,11-13,15H2,1-6H3/t16-/m0/s1. The third-order valence-corrected chi connectivity index (χ3v) is 9.34. The topological polar surface area (TPSA) is 38.8 Å². The van der Waals surface area contributed by atoms with Crippen molar-refractivity contribution in [2.24, 2.45) is 0 Å². The van der Waals surface area contributed by atoms with E-state index in [0.717, 1.165) is 0 Å². The summed E-state index contributed by atoms with van der Waals surface area (Å²) in [5.41, 5.74) is 3.12. The fraction of sp³-hybridized carbons (Fsp3) is 0.833. The Balaban J connectivity index is 2.75. The first-order valence-corrected chi connectivity index (χ1v) is 11.5. The number of hydrogen-bond donors (Lipinski definition) is 0. The van der Waals surface area contributed by atoms with Crippen molar-refractivity contribution in [1.82, 2.24) is 4.90 Å². The van der Waals surface area contributed by atoms with Crippen LogP contribution in [0.25, 0.3) is 0 Å². The highest BCUT2D eigenvalue weighted by Gasteiger charge is 2.31. The van der Waals surface area contributed by atoms with Gasteiger partial charge in [-0.3, -0.25) is 4.90 Å². The summed E-state index contributed by atoms with van der Waals surface area (Å²) in [6.07, 6.45) is 0.422. The van der Waals surface area contributed by atoms with E-state index in [1.165, 1.54) is 18.1 Å². The van der Waals surface area contributed by atoms with Gasteiger partial charge in [0.05, 0.1) is 19.3 Å². The minimum Gasteiger partial charge on any atom is -0.444 e. The van der Waals surface area contributed by atoms with Gasteiger partial charge in [0, 0.05) is 13.0 Å². The molecular formula is C18H33NO3Si. The number of hydrogen-bond acceptors (Lipinski definition) is 3. The van der Waals surface area contributed by atoms with Crippen LogP contribution in [0.5, 0.6) is 0 Å². The van der Waals surface area contributed by atoms with Gasteiger partial charge in [-0.25, -0.2) is 4.79 Å². The number of rotatable bonds is 4. The monoisotopic (exact) mass is 339 g/mol. The maximum atomic E-state index is 12.4. The van der Waals surface area contributed by atoms with Gasteiger partial charge in [0.2, 0.25) is 0 Å². The van der Waals surface area contributed by atoms with Crippen LogP contribution in [0.1, 0.15) is 48.0 Å². The molecule has 0 spiro atoms. The molecule has 0 N–H and O–H groups in total. The predicted octanol–water partition coefficient (Wildman–Crippen LogP) is 4.06. The van der Waals surface area contributed by atoms with Crippen LogP contribution in [0, 0.1) is 11.5 Å². The number of amides is 1. The highest BCUT2D eigenvalue weighted by atomic mass is 28.3. The minimum absolute atomic E-state index is 0.00312. The smallest absolute Gasteiger partial charge is 0.410 e. The summed E-state index contributed by atoms with van der Waals surface area (Å²) >= 11 is 0. The van der Waals surface area contributed by atoms with Gasteiger partial charge in [0.25, 0.3) is 0 Å². The molecule has 5 heteroatoms. The van der Waals surface area contributed by atoms with Gasteiger partial charge < -0.3 is 9.47 Å². The van der Waals surface area contributed by atoms with E-state index < -0.39 is 13.7 Å². The molecule has 23 heavy (non-hydrogen) atoms. The third-order valence-electron chi connectivity index (χ3n) is 4.58. The largest absolute Gasteiger partial charge is 0.444 e. The van der Waals surface area contributed by atoms with Crippen LogP contribution >= 0.6 is 0 Å².